The van der Waals surface area contributed by atoms with Crippen molar-refractivity contribution in [3.8, 4) is 0 Å². The van der Waals surface area contributed by atoms with Gasteiger partial charge in [0.1, 0.15) is 6.10 Å². The monoisotopic (exact) mass is 272 g/mol. The van der Waals surface area contributed by atoms with Crippen molar-refractivity contribution >= 4 is 10.8 Å². The lowest BCUT2D eigenvalue weighted by atomic mass is 10.2. The molecule has 0 aliphatic rings. The lowest BCUT2D eigenvalue weighted by Gasteiger charge is -2.24. The summed E-state index contributed by atoms with van der Waals surface area (Å²) in [7, 11) is 1.59. The summed E-state index contributed by atoms with van der Waals surface area (Å²) < 4.78 is 22.2. The molecule has 0 bridgehead atoms. The molecular formula is C13H20O4S. The number of hydrogen-bond donors (Lipinski definition) is 1. The van der Waals surface area contributed by atoms with Gasteiger partial charge in [-0.25, -0.2) is 0 Å². The van der Waals surface area contributed by atoms with Crippen molar-refractivity contribution in [1.29, 1.82) is 0 Å². The molecule has 1 N–H and O–H groups in total. The van der Waals surface area contributed by atoms with E-state index in [1.807, 2.05) is 31.2 Å². The largest absolute Gasteiger partial charge is 0.387 e. The summed E-state index contributed by atoms with van der Waals surface area (Å²) in [5.41, 5.74) is 1.11. The van der Waals surface area contributed by atoms with Crippen LogP contribution >= 0.6 is 0 Å². The first-order chi connectivity index (χ1) is 8.51. The van der Waals surface area contributed by atoms with Gasteiger partial charge in [-0.1, -0.05) is 17.7 Å². The number of aliphatic hydroxyl groups is 1. The summed E-state index contributed by atoms with van der Waals surface area (Å²) >= 11 is 0. The quantitative estimate of drug-likeness (QED) is 0.797. The number of aliphatic hydroxyl groups excluding tert-OH is 1. The molecule has 18 heavy (non-hydrogen) atoms. The molecule has 0 amide bonds. The van der Waals surface area contributed by atoms with Gasteiger partial charge < -0.3 is 14.6 Å². The Morgan fingerprint density at radius 2 is 1.67 bits per heavy atom. The molecule has 3 atom stereocenters. The van der Waals surface area contributed by atoms with Crippen LogP contribution in [0.2, 0.25) is 0 Å². The van der Waals surface area contributed by atoms with E-state index in [9.17, 15) is 9.32 Å². The molecule has 1 rings (SSSR count). The van der Waals surface area contributed by atoms with Gasteiger partial charge in [0.05, 0.1) is 16.0 Å². The van der Waals surface area contributed by atoms with Crippen molar-refractivity contribution < 1.29 is 18.8 Å². The lowest BCUT2D eigenvalue weighted by molar-refractivity contribution is -0.162. The summed E-state index contributed by atoms with van der Waals surface area (Å²) in [5.74, 6) is 0. The molecule has 0 saturated carbocycles. The minimum absolute atomic E-state index is 0.474. The third kappa shape index (κ3) is 3.62. The minimum Gasteiger partial charge on any atom is -0.387 e. The highest BCUT2D eigenvalue weighted by molar-refractivity contribution is 7.85. The second-order valence-corrected chi connectivity index (χ2v) is 5.96. The van der Waals surface area contributed by atoms with Gasteiger partial charge in [-0.05, 0) is 26.0 Å². The van der Waals surface area contributed by atoms with Crippen LogP contribution in [0.15, 0.2) is 29.2 Å². The van der Waals surface area contributed by atoms with E-state index >= 15 is 0 Å². The zero-order valence-corrected chi connectivity index (χ0v) is 11.9. The molecule has 0 saturated heterocycles. The fraction of sp³-hybridized carbons (Fsp3) is 0.538. The molecule has 102 valence electrons. The molecule has 1 aromatic rings. The van der Waals surface area contributed by atoms with Crippen LogP contribution in [0.3, 0.4) is 0 Å². The molecule has 4 nitrogen and oxygen atoms in total. The van der Waals surface area contributed by atoms with Crippen molar-refractivity contribution in [3.63, 3.8) is 0 Å². The fourth-order valence-electron chi connectivity index (χ4n) is 1.61. The SMILES string of the molecule is COC(OC)[C@@H](O)[C@H](C)S(=O)c1ccc(C)cc1. The normalized spacial score (nSPS) is 16.6. The van der Waals surface area contributed by atoms with Gasteiger partial charge in [-0.15, -0.1) is 0 Å². The van der Waals surface area contributed by atoms with E-state index < -0.39 is 28.4 Å². The Morgan fingerprint density at radius 3 is 2.11 bits per heavy atom. The van der Waals surface area contributed by atoms with Crippen LogP contribution in [-0.2, 0) is 20.3 Å². The molecule has 0 heterocycles. The van der Waals surface area contributed by atoms with Crippen molar-refractivity contribution in [2.75, 3.05) is 14.2 Å². The van der Waals surface area contributed by atoms with Gasteiger partial charge in [-0.3, -0.25) is 4.21 Å². The Hall–Kier alpha value is -0.750. The standard InChI is InChI=1S/C13H20O4S/c1-9-5-7-11(8-6-9)18(15)10(2)12(14)13(16-3)17-4/h5-8,10,12-14H,1-4H3/t10-,12-,18?/m0/s1. The number of methoxy groups -OCH3 is 2. The number of benzene rings is 1. The van der Waals surface area contributed by atoms with Gasteiger partial charge >= 0.3 is 0 Å². The zero-order chi connectivity index (χ0) is 13.7. The van der Waals surface area contributed by atoms with E-state index in [0.717, 1.165) is 5.56 Å². The average Bonchev–Trinajstić information content (AvgIpc) is 2.39. The predicted molar refractivity (Wildman–Crippen MR) is 70.9 cm³/mol. The molecule has 0 aliphatic heterocycles. The van der Waals surface area contributed by atoms with E-state index in [2.05, 4.69) is 0 Å². The smallest absolute Gasteiger partial charge is 0.183 e. The average molecular weight is 272 g/mol. The van der Waals surface area contributed by atoms with Crippen LogP contribution in [0.25, 0.3) is 0 Å². The Kier molecular flexibility index (Phi) is 5.95. The van der Waals surface area contributed by atoms with Gasteiger partial charge in [0.2, 0.25) is 0 Å². The maximum absolute atomic E-state index is 12.3. The van der Waals surface area contributed by atoms with Crippen LogP contribution in [-0.4, -0.2) is 41.2 Å². The first-order valence-corrected chi connectivity index (χ1v) is 6.93. The number of ether oxygens (including phenoxy) is 2. The fourth-order valence-corrected chi connectivity index (χ4v) is 2.83. The van der Waals surface area contributed by atoms with Gasteiger partial charge in [0, 0.05) is 19.1 Å². The number of hydrogen-bond acceptors (Lipinski definition) is 4. The number of rotatable bonds is 6. The van der Waals surface area contributed by atoms with Gasteiger partial charge in [0.25, 0.3) is 0 Å². The third-order valence-corrected chi connectivity index (χ3v) is 4.51. The van der Waals surface area contributed by atoms with Crippen molar-refractivity contribution in [1.82, 2.24) is 0 Å². The van der Waals surface area contributed by atoms with Crippen LogP contribution in [0.4, 0.5) is 0 Å². The minimum atomic E-state index is -1.30. The molecule has 0 aromatic heterocycles. The highest BCUT2D eigenvalue weighted by Crippen LogP contribution is 2.17. The van der Waals surface area contributed by atoms with E-state index in [1.54, 1.807) is 6.92 Å². The summed E-state index contributed by atoms with van der Waals surface area (Å²) in [5, 5.41) is 9.55. The van der Waals surface area contributed by atoms with Crippen molar-refractivity contribution in [2.24, 2.45) is 0 Å². The molecule has 0 fully saturated rings. The van der Waals surface area contributed by atoms with Gasteiger partial charge in [-0.2, -0.15) is 0 Å². The molecule has 5 heteroatoms. The second-order valence-electron chi connectivity index (χ2n) is 4.15. The molecule has 1 aromatic carbocycles. The summed E-state index contributed by atoms with van der Waals surface area (Å²) in [6.07, 6.45) is -1.71. The van der Waals surface area contributed by atoms with Gasteiger partial charge in [0.15, 0.2) is 6.29 Å². The summed E-state index contributed by atoms with van der Waals surface area (Å²) in [4.78, 5) is 0.693. The highest BCUT2D eigenvalue weighted by Gasteiger charge is 2.29. The first-order valence-electron chi connectivity index (χ1n) is 5.72. The van der Waals surface area contributed by atoms with Crippen LogP contribution in [0.1, 0.15) is 12.5 Å². The Balaban J connectivity index is 2.80. The van der Waals surface area contributed by atoms with Crippen molar-refractivity contribution in [3.05, 3.63) is 29.8 Å². The molecule has 0 radical (unpaired) electrons. The molecular weight excluding hydrogens is 252 g/mol. The van der Waals surface area contributed by atoms with Crippen LogP contribution in [0.5, 0.6) is 0 Å². The Labute approximate surface area is 110 Å². The molecule has 0 spiro atoms. The zero-order valence-electron chi connectivity index (χ0n) is 11.1. The first kappa shape index (κ1) is 15.3. The summed E-state index contributed by atoms with van der Waals surface area (Å²) in [6.45, 7) is 3.68. The van der Waals surface area contributed by atoms with E-state index in [4.69, 9.17) is 9.47 Å². The lowest BCUT2D eigenvalue weighted by Crippen LogP contribution is -2.40. The number of aryl methyl sites for hydroxylation is 1. The topological polar surface area (TPSA) is 55.8 Å². The predicted octanol–water partition coefficient (Wildman–Crippen LogP) is 1.47. The van der Waals surface area contributed by atoms with Crippen molar-refractivity contribution in [2.45, 2.75) is 36.4 Å². The third-order valence-electron chi connectivity index (χ3n) is 2.82. The van der Waals surface area contributed by atoms with E-state index in [1.165, 1.54) is 14.2 Å². The van der Waals surface area contributed by atoms with E-state index in [0.29, 0.717) is 4.90 Å². The maximum atomic E-state index is 12.3. The van der Waals surface area contributed by atoms with E-state index in [-0.39, 0.29) is 0 Å². The Bertz CT molecular complexity index is 386. The van der Waals surface area contributed by atoms with Crippen LogP contribution in [0, 0.1) is 6.92 Å². The summed E-state index contributed by atoms with van der Waals surface area (Å²) in [6, 6.07) is 7.42. The molecule has 0 aliphatic carbocycles. The highest BCUT2D eigenvalue weighted by atomic mass is 32.2. The molecule has 1 unspecified atom stereocenters. The Morgan fingerprint density at radius 1 is 1.17 bits per heavy atom. The second kappa shape index (κ2) is 6.99. The maximum Gasteiger partial charge on any atom is 0.183 e. The van der Waals surface area contributed by atoms with Crippen LogP contribution < -0.4 is 0 Å².